The molecule has 2 atom stereocenters. The number of oxime groups is 1. The molecule has 1 aliphatic heterocycles. The first kappa shape index (κ1) is 27.7. The minimum absolute atomic E-state index is 0.0181. The zero-order valence-corrected chi connectivity index (χ0v) is 22.1. The SMILES string of the molecule is CON=C1C[C@@H](CC(=O)NCC(O)COc2ccc(OC)cc2)N(C(=O)c2ccc(-c3ccccc3)cc2)C1. The first-order chi connectivity index (χ1) is 19.0. The van der Waals surface area contributed by atoms with Gasteiger partial charge in [0.2, 0.25) is 5.91 Å². The number of ether oxygens (including phenoxy) is 2. The number of carbonyl (C=O) groups is 2. The molecule has 1 aliphatic rings. The number of nitrogens with zero attached hydrogens (tertiary/aromatic N) is 2. The summed E-state index contributed by atoms with van der Waals surface area (Å²) in [6.45, 7) is 0.323. The lowest BCUT2D eigenvalue weighted by molar-refractivity contribution is -0.122. The van der Waals surface area contributed by atoms with E-state index in [0.717, 1.165) is 11.1 Å². The normalized spacial score (nSPS) is 16.5. The molecule has 1 saturated heterocycles. The number of hydrogen-bond acceptors (Lipinski definition) is 7. The van der Waals surface area contributed by atoms with Crippen LogP contribution >= 0.6 is 0 Å². The number of nitrogens with one attached hydrogen (secondary N) is 1. The number of rotatable bonds is 11. The predicted molar refractivity (Wildman–Crippen MR) is 148 cm³/mol. The van der Waals surface area contributed by atoms with E-state index in [0.29, 0.717) is 29.2 Å². The van der Waals surface area contributed by atoms with E-state index in [4.69, 9.17) is 14.3 Å². The van der Waals surface area contributed by atoms with E-state index < -0.39 is 6.10 Å². The minimum atomic E-state index is -0.897. The van der Waals surface area contributed by atoms with E-state index >= 15 is 0 Å². The highest BCUT2D eigenvalue weighted by Gasteiger charge is 2.35. The summed E-state index contributed by atoms with van der Waals surface area (Å²) in [4.78, 5) is 32.7. The molecule has 0 spiro atoms. The molecule has 4 rings (SSSR count). The number of likely N-dealkylation sites (tertiary alicyclic amines) is 1. The van der Waals surface area contributed by atoms with Crippen LogP contribution in [0.3, 0.4) is 0 Å². The molecular formula is C30H33N3O6. The van der Waals surface area contributed by atoms with E-state index in [1.54, 1.807) is 48.4 Å². The van der Waals surface area contributed by atoms with Crippen LogP contribution in [0.25, 0.3) is 11.1 Å². The van der Waals surface area contributed by atoms with Crippen LogP contribution < -0.4 is 14.8 Å². The van der Waals surface area contributed by atoms with Crippen molar-refractivity contribution in [3.05, 3.63) is 84.4 Å². The molecular weight excluding hydrogens is 498 g/mol. The molecule has 39 heavy (non-hydrogen) atoms. The van der Waals surface area contributed by atoms with Crippen molar-refractivity contribution in [3.8, 4) is 22.6 Å². The van der Waals surface area contributed by atoms with Gasteiger partial charge in [0.05, 0.1) is 19.4 Å². The molecule has 1 unspecified atom stereocenters. The van der Waals surface area contributed by atoms with Gasteiger partial charge in [-0.15, -0.1) is 0 Å². The fourth-order valence-electron chi connectivity index (χ4n) is 4.43. The van der Waals surface area contributed by atoms with Gasteiger partial charge in [0.1, 0.15) is 31.3 Å². The molecule has 0 bridgehead atoms. The molecule has 9 nitrogen and oxygen atoms in total. The predicted octanol–water partition coefficient (Wildman–Crippen LogP) is 3.53. The molecule has 2 amide bonds. The van der Waals surface area contributed by atoms with Crippen LogP contribution in [0.1, 0.15) is 23.2 Å². The van der Waals surface area contributed by atoms with Crippen molar-refractivity contribution in [2.24, 2.45) is 5.16 Å². The van der Waals surface area contributed by atoms with Gasteiger partial charge in [0.15, 0.2) is 0 Å². The Hall–Kier alpha value is -4.37. The summed E-state index contributed by atoms with van der Waals surface area (Å²) in [7, 11) is 3.04. The molecule has 0 aromatic heterocycles. The largest absolute Gasteiger partial charge is 0.497 e. The van der Waals surface area contributed by atoms with Crippen molar-refractivity contribution in [2.75, 3.05) is 33.9 Å². The second-order valence-electron chi connectivity index (χ2n) is 9.22. The van der Waals surface area contributed by atoms with Gasteiger partial charge in [-0.25, -0.2) is 0 Å². The molecule has 2 N–H and O–H groups in total. The van der Waals surface area contributed by atoms with E-state index in [-0.39, 0.29) is 44.0 Å². The van der Waals surface area contributed by atoms with Crippen LogP contribution in [0.4, 0.5) is 0 Å². The third-order valence-corrected chi connectivity index (χ3v) is 6.44. The third-order valence-electron chi connectivity index (χ3n) is 6.44. The third kappa shape index (κ3) is 7.58. The maximum absolute atomic E-state index is 13.4. The summed E-state index contributed by atoms with van der Waals surface area (Å²) >= 11 is 0. The van der Waals surface area contributed by atoms with Crippen molar-refractivity contribution < 1.29 is 29.0 Å². The Morgan fingerprint density at radius 3 is 2.31 bits per heavy atom. The first-order valence-corrected chi connectivity index (χ1v) is 12.7. The summed E-state index contributed by atoms with van der Waals surface area (Å²) < 4.78 is 10.7. The molecule has 3 aromatic rings. The number of carbonyl (C=O) groups excluding carboxylic acids is 2. The monoisotopic (exact) mass is 531 g/mol. The van der Waals surface area contributed by atoms with Gasteiger partial charge in [-0.05, 0) is 47.5 Å². The average molecular weight is 532 g/mol. The van der Waals surface area contributed by atoms with E-state index in [2.05, 4.69) is 10.5 Å². The number of hydrogen-bond donors (Lipinski definition) is 2. The lowest BCUT2D eigenvalue weighted by Gasteiger charge is -2.24. The van der Waals surface area contributed by atoms with Crippen LogP contribution in [0.2, 0.25) is 0 Å². The van der Waals surface area contributed by atoms with Gasteiger partial charge < -0.3 is 29.6 Å². The highest BCUT2D eigenvalue weighted by molar-refractivity contribution is 6.01. The van der Waals surface area contributed by atoms with Crippen LogP contribution in [-0.4, -0.2) is 73.6 Å². The maximum Gasteiger partial charge on any atom is 0.254 e. The Balaban J connectivity index is 1.32. The summed E-state index contributed by atoms with van der Waals surface area (Å²) in [5.74, 6) is 0.835. The quantitative estimate of drug-likeness (QED) is 0.367. The fourth-order valence-corrected chi connectivity index (χ4v) is 4.43. The minimum Gasteiger partial charge on any atom is -0.497 e. The van der Waals surface area contributed by atoms with Crippen LogP contribution in [-0.2, 0) is 9.63 Å². The highest BCUT2D eigenvalue weighted by Crippen LogP contribution is 2.24. The van der Waals surface area contributed by atoms with Crippen molar-refractivity contribution in [1.82, 2.24) is 10.2 Å². The Kier molecular flexibility index (Phi) is 9.53. The second kappa shape index (κ2) is 13.4. The van der Waals surface area contributed by atoms with Gasteiger partial charge in [-0.1, -0.05) is 47.6 Å². The Bertz CT molecular complexity index is 1260. The van der Waals surface area contributed by atoms with E-state index in [1.807, 2.05) is 42.5 Å². The molecule has 204 valence electrons. The fraction of sp³-hybridized carbons (Fsp3) is 0.300. The summed E-state index contributed by atoms with van der Waals surface area (Å²) in [5.41, 5.74) is 3.31. The van der Waals surface area contributed by atoms with Crippen LogP contribution in [0, 0.1) is 0 Å². The Morgan fingerprint density at radius 1 is 0.974 bits per heavy atom. The number of methoxy groups -OCH3 is 1. The number of aliphatic hydroxyl groups is 1. The lowest BCUT2D eigenvalue weighted by atomic mass is 10.0. The molecule has 0 saturated carbocycles. The lowest BCUT2D eigenvalue weighted by Crippen LogP contribution is -2.41. The van der Waals surface area contributed by atoms with Gasteiger partial charge in [0.25, 0.3) is 5.91 Å². The Labute approximate surface area is 228 Å². The molecule has 0 radical (unpaired) electrons. The van der Waals surface area contributed by atoms with E-state index in [1.165, 1.54) is 7.11 Å². The van der Waals surface area contributed by atoms with Crippen molar-refractivity contribution in [3.63, 3.8) is 0 Å². The van der Waals surface area contributed by atoms with Crippen LogP contribution in [0.15, 0.2) is 84.0 Å². The van der Waals surface area contributed by atoms with E-state index in [9.17, 15) is 14.7 Å². The van der Waals surface area contributed by atoms with Gasteiger partial charge in [-0.3, -0.25) is 9.59 Å². The molecule has 9 heteroatoms. The van der Waals surface area contributed by atoms with Crippen molar-refractivity contribution >= 4 is 17.5 Å². The number of benzene rings is 3. The summed E-state index contributed by atoms with van der Waals surface area (Å²) in [6, 6.07) is 24.0. The average Bonchev–Trinajstić information content (AvgIpc) is 3.37. The Morgan fingerprint density at radius 2 is 1.64 bits per heavy atom. The van der Waals surface area contributed by atoms with Crippen LogP contribution in [0.5, 0.6) is 11.5 Å². The smallest absolute Gasteiger partial charge is 0.254 e. The van der Waals surface area contributed by atoms with Gasteiger partial charge in [-0.2, -0.15) is 0 Å². The summed E-state index contributed by atoms with van der Waals surface area (Å²) in [6.07, 6.45) is -0.396. The molecule has 1 heterocycles. The molecule has 0 aliphatic carbocycles. The standard InChI is InChI=1S/C30H33N3O6/c1-37-27-12-14-28(15-13-27)39-20-26(34)18-31-29(35)17-25-16-24(32-38-2)19-33(25)30(36)23-10-8-22(9-11-23)21-6-4-3-5-7-21/h3-15,25-26,34H,16-20H2,1-2H3,(H,31,35)/t25-,26?/m0/s1. The topological polar surface area (TPSA) is 110 Å². The maximum atomic E-state index is 13.4. The zero-order valence-electron chi connectivity index (χ0n) is 22.1. The van der Waals surface area contributed by atoms with Crippen molar-refractivity contribution in [1.29, 1.82) is 0 Å². The summed E-state index contributed by atoms with van der Waals surface area (Å²) in [5, 5.41) is 17.0. The molecule has 1 fully saturated rings. The second-order valence-corrected chi connectivity index (χ2v) is 9.22. The molecule has 3 aromatic carbocycles. The number of aliphatic hydroxyl groups excluding tert-OH is 1. The van der Waals surface area contributed by atoms with Crippen molar-refractivity contribution in [2.45, 2.75) is 25.0 Å². The zero-order chi connectivity index (χ0) is 27.6. The highest BCUT2D eigenvalue weighted by atomic mass is 16.6. The van der Waals surface area contributed by atoms with Gasteiger partial charge in [0, 0.05) is 31.0 Å². The van der Waals surface area contributed by atoms with Gasteiger partial charge >= 0.3 is 0 Å². The number of amides is 2. The first-order valence-electron chi connectivity index (χ1n) is 12.7.